The van der Waals surface area contributed by atoms with Gasteiger partial charge in [0.15, 0.2) is 0 Å². The first kappa shape index (κ1) is 17.0. The Labute approximate surface area is 144 Å². The van der Waals surface area contributed by atoms with Crippen molar-refractivity contribution in [3.63, 3.8) is 0 Å². The third-order valence-electron chi connectivity index (χ3n) is 5.39. The first-order valence-electron chi connectivity index (χ1n) is 9.25. The van der Waals surface area contributed by atoms with Gasteiger partial charge in [-0.05, 0) is 30.4 Å². The van der Waals surface area contributed by atoms with Crippen molar-refractivity contribution in [1.29, 1.82) is 0 Å². The summed E-state index contributed by atoms with van der Waals surface area (Å²) in [6.45, 7) is 4.82. The smallest absolute Gasteiger partial charge is 0.229 e. The summed E-state index contributed by atoms with van der Waals surface area (Å²) >= 11 is 0. The maximum atomic E-state index is 12.7. The molecule has 2 fully saturated rings. The van der Waals surface area contributed by atoms with E-state index in [0.717, 1.165) is 24.1 Å². The first-order valence-corrected chi connectivity index (χ1v) is 9.25. The molecule has 0 aromatic heterocycles. The Hall–Kier alpha value is -1.84. The van der Waals surface area contributed by atoms with Gasteiger partial charge in [-0.2, -0.15) is 0 Å². The Balaban J connectivity index is 1.65. The zero-order valence-electron chi connectivity index (χ0n) is 14.8. The van der Waals surface area contributed by atoms with Crippen molar-refractivity contribution >= 4 is 17.5 Å². The summed E-state index contributed by atoms with van der Waals surface area (Å²) in [5.41, 5.74) is 2.01. The van der Waals surface area contributed by atoms with E-state index in [4.69, 9.17) is 0 Å². The molecule has 2 aliphatic rings. The lowest BCUT2D eigenvalue weighted by Crippen LogP contribution is -2.38. The molecule has 4 heteroatoms. The van der Waals surface area contributed by atoms with Crippen LogP contribution in [0, 0.1) is 5.92 Å². The van der Waals surface area contributed by atoms with Crippen molar-refractivity contribution in [2.24, 2.45) is 5.92 Å². The molecule has 24 heavy (non-hydrogen) atoms. The van der Waals surface area contributed by atoms with Crippen LogP contribution in [0.4, 0.5) is 5.69 Å². The maximum Gasteiger partial charge on any atom is 0.229 e. The molecule has 1 atom stereocenters. The number of benzene rings is 1. The number of anilines is 1. The molecule has 1 unspecified atom stereocenters. The molecule has 1 saturated heterocycles. The van der Waals surface area contributed by atoms with Crippen LogP contribution in [0.2, 0.25) is 0 Å². The molecule has 1 aromatic carbocycles. The van der Waals surface area contributed by atoms with Crippen LogP contribution in [0.15, 0.2) is 24.3 Å². The van der Waals surface area contributed by atoms with Gasteiger partial charge in [0.1, 0.15) is 0 Å². The molecule has 3 rings (SSSR count). The molecule has 0 spiro atoms. The van der Waals surface area contributed by atoms with Crippen molar-refractivity contribution in [1.82, 2.24) is 4.90 Å². The van der Waals surface area contributed by atoms with Gasteiger partial charge in [0.05, 0.1) is 5.92 Å². The maximum absolute atomic E-state index is 12.7. The fourth-order valence-electron chi connectivity index (χ4n) is 4.00. The molecule has 1 aliphatic heterocycles. The molecule has 130 valence electrons. The van der Waals surface area contributed by atoms with E-state index in [-0.39, 0.29) is 17.7 Å². The van der Waals surface area contributed by atoms with Crippen molar-refractivity contribution in [3.05, 3.63) is 29.8 Å². The van der Waals surface area contributed by atoms with E-state index >= 15 is 0 Å². The van der Waals surface area contributed by atoms with Crippen LogP contribution >= 0.6 is 0 Å². The number of rotatable bonds is 4. The normalized spacial score (nSPS) is 22.2. The lowest BCUT2D eigenvalue weighted by atomic mass is 9.94. The van der Waals surface area contributed by atoms with E-state index in [1.165, 1.54) is 19.3 Å². The van der Waals surface area contributed by atoms with E-state index in [9.17, 15) is 9.59 Å². The highest BCUT2D eigenvalue weighted by Gasteiger charge is 2.38. The highest BCUT2D eigenvalue weighted by Crippen LogP contribution is 2.30. The summed E-state index contributed by atoms with van der Waals surface area (Å²) in [6.07, 6.45) is 6.22. The number of nitrogens with zero attached hydrogens (tertiary/aromatic N) is 1. The lowest BCUT2D eigenvalue weighted by molar-refractivity contribution is -0.130. The van der Waals surface area contributed by atoms with Crippen LogP contribution in [0.25, 0.3) is 0 Å². The summed E-state index contributed by atoms with van der Waals surface area (Å²) < 4.78 is 0. The van der Waals surface area contributed by atoms with Crippen molar-refractivity contribution in [2.75, 3.05) is 11.9 Å². The number of carbonyl (C=O) groups is 2. The number of para-hydroxylation sites is 1. The van der Waals surface area contributed by atoms with Crippen LogP contribution in [-0.4, -0.2) is 29.3 Å². The molecule has 0 bridgehead atoms. The summed E-state index contributed by atoms with van der Waals surface area (Å²) in [5, 5.41) is 3.06. The molecule has 4 nitrogen and oxygen atoms in total. The number of hydrogen-bond donors (Lipinski definition) is 1. The third kappa shape index (κ3) is 3.63. The quantitative estimate of drug-likeness (QED) is 0.910. The summed E-state index contributed by atoms with van der Waals surface area (Å²) in [5.74, 6) is 0.263. The van der Waals surface area contributed by atoms with Gasteiger partial charge in [-0.25, -0.2) is 0 Å². The Morgan fingerprint density at radius 1 is 1.17 bits per heavy atom. The molecule has 1 N–H and O–H groups in total. The van der Waals surface area contributed by atoms with Crippen LogP contribution in [0.3, 0.4) is 0 Å². The first-order chi connectivity index (χ1) is 11.6. The summed E-state index contributed by atoms with van der Waals surface area (Å²) in [4.78, 5) is 27.0. The van der Waals surface area contributed by atoms with Crippen LogP contribution in [0.1, 0.15) is 63.9 Å². The molecule has 1 saturated carbocycles. The molecular weight excluding hydrogens is 300 g/mol. The second-order valence-corrected chi connectivity index (χ2v) is 7.47. The monoisotopic (exact) mass is 328 g/mol. The highest BCUT2D eigenvalue weighted by molar-refractivity contribution is 5.97. The molecule has 0 radical (unpaired) electrons. The molecular formula is C20H28N2O2. The topological polar surface area (TPSA) is 49.4 Å². The minimum Gasteiger partial charge on any atom is -0.339 e. The average molecular weight is 328 g/mol. The fraction of sp³-hybridized carbons (Fsp3) is 0.600. The Kier molecular flexibility index (Phi) is 5.22. The van der Waals surface area contributed by atoms with Crippen LogP contribution in [0.5, 0.6) is 0 Å². The van der Waals surface area contributed by atoms with Gasteiger partial charge in [-0.1, -0.05) is 51.3 Å². The average Bonchev–Trinajstić information content (AvgIpc) is 2.98. The Morgan fingerprint density at radius 3 is 2.58 bits per heavy atom. The van der Waals surface area contributed by atoms with Gasteiger partial charge in [0.2, 0.25) is 11.8 Å². The van der Waals surface area contributed by atoms with Crippen LogP contribution < -0.4 is 5.32 Å². The summed E-state index contributed by atoms with van der Waals surface area (Å²) in [7, 11) is 0. The van der Waals surface area contributed by atoms with Crippen molar-refractivity contribution in [3.8, 4) is 0 Å². The van der Waals surface area contributed by atoms with E-state index in [0.29, 0.717) is 24.9 Å². The predicted molar refractivity (Wildman–Crippen MR) is 95.9 cm³/mol. The Bertz CT molecular complexity index is 605. The van der Waals surface area contributed by atoms with Gasteiger partial charge in [0.25, 0.3) is 0 Å². The number of amides is 2. The van der Waals surface area contributed by atoms with Crippen molar-refractivity contribution < 1.29 is 9.59 Å². The van der Waals surface area contributed by atoms with Crippen LogP contribution in [-0.2, 0) is 9.59 Å². The lowest BCUT2D eigenvalue weighted by Gasteiger charge is -2.31. The number of nitrogens with one attached hydrogen (secondary N) is 1. The predicted octanol–water partition coefficient (Wildman–Crippen LogP) is 3.93. The second-order valence-electron chi connectivity index (χ2n) is 7.47. The molecule has 1 aromatic rings. The largest absolute Gasteiger partial charge is 0.339 e. The number of likely N-dealkylation sites (tertiary alicyclic amines) is 1. The number of hydrogen-bond acceptors (Lipinski definition) is 2. The van der Waals surface area contributed by atoms with Gasteiger partial charge in [-0.3, -0.25) is 9.59 Å². The van der Waals surface area contributed by atoms with Crippen molar-refractivity contribution in [2.45, 2.75) is 64.3 Å². The van der Waals surface area contributed by atoms with Gasteiger partial charge < -0.3 is 10.2 Å². The number of carbonyl (C=O) groups excluding carboxylic acids is 2. The SMILES string of the molecule is CC(C)c1ccccc1NC(=O)C1CC(=O)N(C2CCCCC2)C1. The van der Waals surface area contributed by atoms with Gasteiger partial charge in [0, 0.05) is 24.7 Å². The van der Waals surface area contributed by atoms with E-state index in [1.807, 2.05) is 23.1 Å². The summed E-state index contributed by atoms with van der Waals surface area (Å²) in [6, 6.07) is 8.29. The second kappa shape index (κ2) is 7.37. The van der Waals surface area contributed by atoms with E-state index in [2.05, 4.69) is 25.2 Å². The highest BCUT2D eigenvalue weighted by atomic mass is 16.2. The fourth-order valence-corrected chi connectivity index (χ4v) is 4.00. The van der Waals surface area contributed by atoms with E-state index in [1.54, 1.807) is 0 Å². The third-order valence-corrected chi connectivity index (χ3v) is 5.39. The minimum atomic E-state index is -0.223. The molecule has 1 heterocycles. The zero-order valence-corrected chi connectivity index (χ0v) is 14.8. The van der Waals surface area contributed by atoms with Gasteiger partial charge in [-0.15, -0.1) is 0 Å². The molecule has 1 aliphatic carbocycles. The van der Waals surface area contributed by atoms with Gasteiger partial charge >= 0.3 is 0 Å². The van der Waals surface area contributed by atoms with E-state index < -0.39 is 0 Å². The Morgan fingerprint density at radius 2 is 1.88 bits per heavy atom. The zero-order chi connectivity index (χ0) is 17.1. The molecule has 2 amide bonds. The standard InChI is InChI=1S/C20H28N2O2/c1-14(2)17-10-6-7-11-18(17)21-20(24)15-12-19(23)22(13-15)16-8-4-3-5-9-16/h6-7,10-11,14-16H,3-5,8-9,12-13H2,1-2H3,(H,21,24). The minimum absolute atomic E-state index is 0.0187.